The summed E-state index contributed by atoms with van der Waals surface area (Å²) in [5.74, 6) is 0.150. The third-order valence-electron chi connectivity index (χ3n) is 3.39. The number of carbonyl (C=O) groups excluding carboxylic acids is 1. The predicted molar refractivity (Wildman–Crippen MR) is 87.7 cm³/mol. The van der Waals surface area contributed by atoms with Gasteiger partial charge in [0.15, 0.2) is 5.16 Å². The summed E-state index contributed by atoms with van der Waals surface area (Å²) < 4.78 is 5.45. The summed E-state index contributed by atoms with van der Waals surface area (Å²) in [5, 5.41) is 3.93. The standard InChI is InChI=1S/C14H17N3O3S2/c1-8-5-10-12(19)16-14(17-13(10)22-8)21-7-11(18)15-6-9-3-2-4-20-9/h5,9H,2-4,6-7H2,1H3,(H,15,18)(H,16,17,19). The quantitative estimate of drug-likeness (QED) is 0.640. The zero-order chi connectivity index (χ0) is 15.5. The molecule has 0 aliphatic carbocycles. The van der Waals surface area contributed by atoms with Gasteiger partial charge in [0.25, 0.3) is 5.56 Å². The Kier molecular flexibility index (Phi) is 4.80. The molecule has 8 heteroatoms. The van der Waals surface area contributed by atoms with Crippen LogP contribution in [-0.2, 0) is 9.53 Å². The number of hydrogen-bond acceptors (Lipinski definition) is 6. The molecule has 0 aromatic carbocycles. The van der Waals surface area contributed by atoms with E-state index in [2.05, 4.69) is 15.3 Å². The van der Waals surface area contributed by atoms with E-state index in [0.29, 0.717) is 21.9 Å². The van der Waals surface area contributed by atoms with E-state index in [4.69, 9.17) is 4.74 Å². The van der Waals surface area contributed by atoms with Gasteiger partial charge in [-0.25, -0.2) is 4.98 Å². The number of ether oxygens (including phenoxy) is 1. The topological polar surface area (TPSA) is 84.1 Å². The Balaban J connectivity index is 1.56. The largest absolute Gasteiger partial charge is 0.376 e. The first-order valence-electron chi connectivity index (χ1n) is 7.13. The van der Waals surface area contributed by atoms with Crippen LogP contribution in [0, 0.1) is 6.92 Å². The minimum atomic E-state index is -0.156. The van der Waals surface area contributed by atoms with Gasteiger partial charge in [0.2, 0.25) is 5.91 Å². The van der Waals surface area contributed by atoms with Crippen molar-refractivity contribution in [2.45, 2.75) is 31.0 Å². The number of aromatic amines is 1. The van der Waals surface area contributed by atoms with Gasteiger partial charge in [-0.15, -0.1) is 11.3 Å². The lowest BCUT2D eigenvalue weighted by Crippen LogP contribution is -2.32. The highest BCUT2D eigenvalue weighted by Gasteiger charge is 2.16. The first kappa shape index (κ1) is 15.5. The first-order valence-corrected chi connectivity index (χ1v) is 8.93. The molecule has 1 unspecified atom stereocenters. The van der Waals surface area contributed by atoms with Crippen LogP contribution in [0.25, 0.3) is 10.2 Å². The van der Waals surface area contributed by atoms with E-state index < -0.39 is 0 Å². The Labute approximate surface area is 135 Å². The highest BCUT2D eigenvalue weighted by Crippen LogP contribution is 2.22. The molecule has 1 saturated heterocycles. The second kappa shape index (κ2) is 6.80. The number of H-pyrrole nitrogens is 1. The lowest BCUT2D eigenvalue weighted by atomic mass is 10.2. The second-order valence-electron chi connectivity index (χ2n) is 5.17. The zero-order valence-corrected chi connectivity index (χ0v) is 13.8. The lowest BCUT2D eigenvalue weighted by Gasteiger charge is -2.10. The normalized spacial score (nSPS) is 18.0. The molecule has 1 aliphatic rings. The number of thioether (sulfide) groups is 1. The van der Waals surface area contributed by atoms with E-state index >= 15 is 0 Å². The van der Waals surface area contributed by atoms with Crippen molar-refractivity contribution in [3.8, 4) is 0 Å². The molecule has 1 aliphatic heterocycles. The average Bonchev–Trinajstić information content (AvgIpc) is 3.11. The maximum atomic E-state index is 11.9. The van der Waals surface area contributed by atoms with Crippen LogP contribution in [0.2, 0.25) is 0 Å². The van der Waals surface area contributed by atoms with Crippen molar-refractivity contribution in [3.05, 3.63) is 21.3 Å². The van der Waals surface area contributed by atoms with Crippen LogP contribution < -0.4 is 10.9 Å². The number of aryl methyl sites for hydroxylation is 1. The van der Waals surface area contributed by atoms with Gasteiger partial charge in [0, 0.05) is 18.0 Å². The number of nitrogens with zero attached hydrogens (tertiary/aromatic N) is 1. The molecule has 2 N–H and O–H groups in total. The van der Waals surface area contributed by atoms with Gasteiger partial charge >= 0.3 is 0 Å². The number of hydrogen-bond donors (Lipinski definition) is 2. The van der Waals surface area contributed by atoms with Crippen molar-refractivity contribution in [2.24, 2.45) is 0 Å². The van der Waals surface area contributed by atoms with E-state index in [1.165, 1.54) is 23.1 Å². The van der Waals surface area contributed by atoms with E-state index in [0.717, 1.165) is 24.3 Å². The van der Waals surface area contributed by atoms with Gasteiger partial charge < -0.3 is 15.0 Å². The van der Waals surface area contributed by atoms with Crippen LogP contribution in [0.15, 0.2) is 16.0 Å². The minimum absolute atomic E-state index is 0.0781. The molecule has 0 bridgehead atoms. The van der Waals surface area contributed by atoms with Crippen LogP contribution in [0.1, 0.15) is 17.7 Å². The Bertz CT molecular complexity index is 734. The molecule has 6 nitrogen and oxygen atoms in total. The molecule has 2 aromatic rings. The zero-order valence-electron chi connectivity index (χ0n) is 12.2. The number of amides is 1. The Morgan fingerprint density at radius 2 is 2.50 bits per heavy atom. The molecule has 22 heavy (non-hydrogen) atoms. The number of fused-ring (bicyclic) bond motifs is 1. The van der Waals surface area contributed by atoms with Crippen LogP contribution in [0.5, 0.6) is 0 Å². The summed E-state index contributed by atoms with van der Waals surface area (Å²) in [5.41, 5.74) is -0.156. The van der Waals surface area contributed by atoms with Gasteiger partial charge in [-0.2, -0.15) is 0 Å². The van der Waals surface area contributed by atoms with Crippen LogP contribution in [-0.4, -0.2) is 40.9 Å². The van der Waals surface area contributed by atoms with Crippen molar-refractivity contribution >= 4 is 39.2 Å². The first-order chi connectivity index (χ1) is 10.6. The molecule has 0 saturated carbocycles. The molecular formula is C14H17N3O3S2. The highest BCUT2D eigenvalue weighted by molar-refractivity contribution is 7.99. The summed E-state index contributed by atoms with van der Waals surface area (Å²) in [6, 6.07) is 1.83. The van der Waals surface area contributed by atoms with Crippen molar-refractivity contribution < 1.29 is 9.53 Å². The number of thiophene rings is 1. The summed E-state index contributed by atoms with van der Waals surface area (Å²) in [6.07, 6.45) is 2.19. The van der Waals surface area contributed by atoms with Gasteiger partial charge in [-0.05, 0) is 25.8 Å². The smallest absolute Gasteiger partial charge is 0.260 e. The molecule has 1 amide bonds. The monoisotopic (exact) mass is 339 g/mol. The Morgan fingerprint density at radius 1 is 1.64 bits per heavy atom. The van der Waals surface area contributed by atoms with Gasteiger partial charge in [-0.3, -0.25) is 9.59 Å². The molecule has 0 radical (unpaired) electrons. The second-order valence-corrected chi connectivity index (χ2v) is 7.37. The maximum Gasteiger partial charge on any atom is 0.260 e. The Morgan fingerprint density at radius 3 is 3.27 bits per heavy atom. The van der Waals surface area contributed by atoms with E-state index in [1.54, 1.807) is 0 Å². The molecule has 0 spiro atoms. The van der Waals surface area contributed by atoms with Crippen LogP contribution in [0.3, 0.4) is 0 Å². The molecule has 118 valence electrons. The molecule has 1 fully saturated rings. The fraction of sp³-hybridized carbons (Fsp3) is 0.500. The fourth-order valence-corrected chi connectivity index (χ4v) is 3.95. The van der Waals surface area contributed by atoms with Gasteiger partial charge in [0.05, 0.1) is 17.2 Å². The third-order valence-corrected chi connectivity index (χ3v) is 5.21. The average molecular weight is 339 g/mol. The van der Waals surface area contributed by atoms with Crippen molar-refractivity contribution in [1.82, 2.24) is 15.3 Å². The SMILES string of the molecule is Cc1cc2c(=O)[nH]c(SCC(=O)NCC3CCCO3)nc2s1. The number of carbonyl (C=O) groups is 1. The Hall–Kier alpha value is -1.38. The van der Waals surface area contributed by atoms with E-state index in [1.807, 2.05) is 13.0 Å². The molecule has 2 aromatic heterocycles. The van der Waals surface area contributed by atoms with Crippen molar-refractivity contribution in [1.29, 1.82) is 0 Å². The van der Waals surface area contributed by atoms with Crippen LogP contribution in [0.4, 0.5) is 0 Å². The lowest BCUT2D eigenvalue weighted by molar-refractivity contribution is -0.119. The van der Waals surface area contributed by atoms with Gasteiger partial charge in [0.1, 0.15) is 4.83 Å². The molecule has 3 rings (SSSR count). The maximum absolute atomic E-state index is 11.9. The van der Waals surface area contributed by atoms with Crippen LogP contribution >= 0.6 is 23.1 Å². The molecule has 1 atom stereocenters. The summed E-state index contributed by atoms with van der Waals surface area (Å²) >= 11 is 2.72. The number of aromatic nitrogens is 2. The number of nitrogens with one attached hydrogen (secondary N) is 2. The van der Waals surface area contributed by atoms with Crippen molar-refractivity contribution in [2.75, 3.05) is 18.9 Å². The fourth-order valence-electron chi connectivity index (χ4n) is 2.32. The number of rotatable bonds is 5. The predicted octanol–water partition coefficient (Wildman–Crippen LogP) is 1.68. The molecule has 3 heterocycles. The molecular weight excluding hydrogens is 322 g/mol. The van der Waals surface area contributed by atoms with Crippen molar-refractivity contribution in [3.63, 3.8) is 0 Å². The summed E-state index contributed by atoms with van der Waals surface area (Å²) in [6.45, 7) is 3.27. The summed E-state index contributed by atoms with van der Waals surface area (Å²) in [7, 11) is 0. The van der Waals surface area contributed by atoms with E-state index in [9.17, 15) is 9.59 Å². The van der Waals surface area contributed by atoms with Gasteiger partial charge in [-0.1, -0.05) is 11.8 Å². The third kappa shape index (κ3) is 3.68. The highest BCUT2D eigenvalue weighted by atomic mass is 32.2. The minimum Gasteiger partial charge on any atom is -0.376 e. The summed E-state index contributed by atoms with van der Waals surface area (Å²) in [4.78, 5) is 32.6. The van der Waals surface area contributed by atoms with E-state index in [-0.39, 0.29) is 23.3 Å².